The molecular formula is C16H37O3PS. The molecule has 21 heavy (non-hydrogen) atoms. The van der Waals surface area contributed by atoms with Crippen LogP contribution in [0.2, 0.25) is 0 Å². The molecule has 0 aromatic heterocycles. The quantitative estimate of drug-likeness (QED) is 0.321. The Balaban J connectivity index is 5.50. The normalized spacial score (nSPS) is 15.6. The van der Waals surface area contributed by atoms with Crippen LogP contribution in [0, 0.1) is 0 Å². The fraction of sp³-hybridized carbons (Fsp3) is 1.00. The van der Waals surface area contributed by atoms with Crippen molar-refractivity contribution in [1.29, 1.82) is 0 Å². The van der Waals surface area contributed by atoms with Gasteiger partial charge in [-0.1, -0.05) is 0 Å². The molecule has 130 valence electrons. The second-order valence-electron chi connectivity index (χ2n) is 6.46. The molecule has 1 N–H and O–H groups in total. The van der Waals surface area contributed by atoms with E-state index in [1.54, 1.807) is 0 Å². The van der Waals surface area contributed by atoms with Crippen molar-refractivity contribution >= 4 is 18.2 Å². The molecule has 0 aromatic carbocycles. The summed E-state index contributed by atoms with van der Waals surface area (Å²) < 4.78 is 27.1. The maximum atomic E-state index is 11.6. The van der Waals surface area contributed by atoms with Gasteiger partial charge >= 0.3 is 135 Å². The molecule has 0 aliphatic carbocycles. The van der Waals surface area contributed by atoms with Gasteiger partial charge in [-0.05, 0) is 0 Å². The summed E-state index contributed by atoms with van der Waals surface area (Å²) >= 11 is -2.13. The van der Waals surface area contributed by atoms with E-state index in [1.165, 1.54) is 0 Å². The zero-order valence-corrected chi connectivity index (χ0v) is 16.3. The van der Waals surface area contributed by atoms with Crippen LogP contribution in [-0.2, 0) is 15.3 Å². The molecule has 1 atom stereocenters. The summed E-state index contributed by atoms with van der Waals surface area (Å²) in [7, 11) is 0. The third-order valence-corrected chi connectivity index (χ3v) is 12.6. The first kappa shape index (κ1) is 21.5. The predicted molar refractivity (Wildman–Crippen MR) is 97.9 cm³/mol. The number of hydrogen-bond acceptors (Lipinski definition) is 2. The van der Waals surface area contributed by atoms with Crippen molar-refractivity contribution in [3.63, 3.8) is 0 Å². The molecule has 0 aliphatic rings. The fourth-order valence-corrected chi connectivity index (χ4v) is 11.7. The van der Waals surface area contributed by atoms with Gasteiger partial charge in [0.25, 0.3) is 0 Å². The van der Waals surface area contributed by atoms with Crippen LogP contribution in [0.15, 0.2) is 0 Å². The van der Waals surface area contributed by atoms with Gasteiger partial charge in [-0.3, -0.25) is 0 Å². The molecule has 0 fully saturated rings. The monoisotopic (exact) mass is 340 g/mol. The molecule has 0 saturated heterocycles. The van der Waals surface area contributed by atoms with Crippen molar-refractivity contribution in [1.82, 2.24) is 0 Å². The Hall–Kier alpha value is 0.500. The molecule has 3 nitrogen and oxygen atoms in total. The second kappa shape index (κ2) is 11.1. The standard InChI is InChI=1S/C16H37O3PS/c1-5-9-13-20(14-10-6-2,15-11-7-3,16-12-8-4)19-21(17)18/h5-16H2,1-4H3,(H,17,18). The minimum atomic E-state index is -2.53. The van der Waals surface area contributed by atoms with Crippen LogP contribution in [0.3, 0.4) is 0 Å². The first-order valence-electron chi connectivity index (χ1n) is 8.79. The zero-order chi connectivity index (χ0) is 16.2. The Bertz CT molecular complexity index is 254. The fourth-order valence-electron chi connectivity index (χ4n) is 3.23. The Kier molecular flexibility index (Phi) is 11.4. The average molecular weight is 341 g/mol. The van der Waals surface area contributed by atoms with Crippen LogP contribution in [0.5, 0.6) is 0 Å². The van der Waals surface area contributed by atoms with Crippen LogP contribution < -0.4 is 0 Å². The SMILES string of the molecule is CCCCP(CCCC)(CCCC)(CCCC)OS(=O)O. The Morgan fingerprint density at radius 3 is 1.24 bits per heavy atom. The molecular weight excluding hydrogens is 303 g/mol. The van der Waals surface area contributed by atoms with Gasteiger partial charge in [0, 0.05) is 0 Å². The average Bonchev–Trinajstić information content (AvgIpc) is 2.47. The van der Waals surface area contributed by atoms with E-state index >= 15 is 0 Å². The van der Waals surface area contributed by atoms with Gasteiger partial charge in [0.05, 0.1) is 0 Å². The number of unbranched alkanes of at least 4 members (excludes halogenated alkanes) is 4. The van der Waals surface area contributed by atoms with Crippen LogP contribution >= 0.6 is 6.83 Å². The molecule has 0 saturated carbocycles. The Morgan fingerprint density at radius 2 is 1.05 bits per heavy atom. The van der Waals surface area contributed by atoms with Gasteiger partial charge in [-0.25, -0.2) is 0 Å². The van der Waals surface area contributed by atoms with E-state index in [0.29, 0.717) is 0 Å². The molecule has 0 heterocycles. The molecule has 0 radical (unpaired) electrons. The van der Waals surface area contributed by atoms with Crippen molar-refractivity contribution in [2.45, 2.75) is 79.1 Å². The van der Waals surface area contributed by atoms with Gasteiger partial charge in [0.1, 0.15) is 0 Å². The van der Waals surface area contributed by atoms with Crippen molar-refractivity contribution in [2.75, 3.05) is 24.6 Å². The molecule has 0 spiro atoms. The Morgan fingerprint density at radius 1 is 0.762 bits per heavy atom. The molecule has 1 unspecified atom stereocenters. The summed E-state index contributed by atoms with van der Waals surface area (Å²) in [5.41, 5.74) is 0. The summed E-state index contributed by atoms with van der Waals surface area (Å²) in [6.45, 7) is 6.25. The summed E-state index contributed by atoms with van der Waals surface area (Å²) in [5.74, 6) is 0. The summed E-state index contributed by atoms with van der Waals surface area (Å²) in [4.78, 5) is 0. The first-order valence-corrected chi connectivity index (χ1v) is 12.7. The number of hydrogen-bond donors (Lipinski definition) is 1. The van der Waals surface area contributed by atoms with E-state index in [0.717, 1.165) is 76.0 Å². The first-order chi connectivity index (χ1) is 9.97. The van der Waals surface area contributed by atoms with Gasteiger partial charge in [0.15, 0.2) is 0 Å². The van der Waals surface area contributed by atoms with Crippen LogP contribution in [0.1, 0.15) is 79.1 Å². The van der Waals surface area contributed by atoms with Gasteiger partial charge < -0.3 is 0 Å². The third kappa shape index (κ3) is 7.54. The number of rotatable bonds is 14. The summed E-state index contributed by atoms with van der Waals surface area (Å²) in [6, 6.07) is 0. The van der Waals surface area contributed by atoms with Crippen molar-refractivity contribution in [3.05, 3.63) is 0 Å². The summed E-state index contributed by atoms with van der Waals surface area (Å²) in [5, 5.41) is 0. The predicted octanol–water partition coefficient (Wildman–Crippen LogP) is 5.81. The minimum absolute atomic E-state index is 1.04. The van der Waals surface area contributed by atoms with E-state index < -0.39 is 18.2 Å². The van der Waals surface area contributed by atoms with Gasteiger partial charge in [-0.15, -0.1) is 0 Å². The van der Waals surface area contributed by atoms with Crippen LogP contribution in [0.4, 0.5) is 0 Å². The van der Waals surface area contributed by atoms with Crippen molar-refractivity contribution < 1.29 is 12.7 Å². The van der Waals surface area contributed by atoms with E-state index in [1.807, 2.05) is 0 Å². The van der Waals surface area contributed by atoms with E-state index in [4.69, 9.17) is 3.97 Å². The summed E-state index contributed by atoms with van der Waals surface area (Å²) in [6.07, 6.45) is 13.1. The second-order valence-corrected chi connectivity index (χ2v) is 13.0. The van der Waals surface area contributed by atoms with Gasteiger partial charge in [0.2, 0.25) is 0 Å². The van der Waals surface area contributed by atoms with E-state index in [-0.39, 0.29) is 0 Å². The topological polar surface area (TPSA) is 46.5 Å². The van der Waals surface area contributed by atoms with Crippen LogP contribution in [-0.4, -0.2) is 33.4 Å². The molecule has 0 rings (SSSR count). The molecule has 0 aromatic rings. The molecule has 5 heteroatoms. The van der Waals surface area contributed by atoms with Gasteiger partial charge in [-0.2, -0.15) is 0 Å². The van der Waals surface area contributed by atoms with Crippen LogP contribution in [0.25, 0.3) is 0 Å². The third-order valence-electron chi connectivity index (χ3n) is 4.58. The zero-order valence-electron chi connectivity index (χ0n) is 14.6. The van der Waals surface area contributed by atoms with Crippen molar-refractivity contribution in [3.8, 4) is 0 Å². The molecule has 0 amide bonds. The van der Waals surface area contributed by atoms with E-state index in [9.17, 15) is 8.76 Å². The Labute approximate surface area is 135 Å². The van der Waals surface area contributed by atoms with E-state index in [2.05, 4.69) is 27.7 Å². The van der Waals surface area contributed by atoms with Crippen molar-refractivity contribution in [2.24, 2.45) is 0 Å². The molecule has 0 bridgehead atoms. The maximum absolute atomic E-state index is 11.6. The molecule has 0 aliphatic heterocycles.